The van der Waals surface area contributed by atoms with E-state index in [9.17, 15) is 14.4 Å². The number of hydrogen-bond acceptors (Lipinski definition) is 5. The van der Waals surface area contributed by atoms with Gasteiger partial charge in [-0.2, -0.15) is 0 Å². The van der Waals surface area contributed by atoms with Crippen LogP contribution in [-0.4, -0.2) is 41.0 Å². The zero-order valence-corrected chi connectivity index (χ0v) is 17.1. The van der Waals surface area contributed by atoms with Gasteiger partial charge >= 0.3 is 5.76 Å². The fraction of sp³-hybridized carbons (Fsp3) is 0.190. The lowest BCUT2D eigenvalue weighted by Gasteiger charge is -2.10. The van der Waals surface area contributed by atoms with Crippen molar-refractivity contribution >= 4 is 45.2 Å². The Balaban J connectivity index is 1.67. The van der Waals surface area contributed by atoms with Crippen molar-refractivity contribution in [3.8, 4) is 0 Å². The molecule has 0 aliphatic carbocycles. The van der Waals surface area contributed by atoms with Gasteiger partial charge in [-0.1, -0.05) is 17.7 Å². The number of nitrogens with zero attached hydrogens (tertiary/aromatic N) is 2. The lowest BCUT2D eigenvalue weighted by atomic mass is 10.1. The highest BCUT2D eigenvalue weighted by atomic mass is 35.5. The van der Waals surface area contributed by atoms with Gasteiger partial charge in [0, 0.05) is 30.4 Å². The minimum Gasteiger partial charge on any atom is -0.408 e. The van der Waals surface area contributed by atoms with Crippen LogP contribution in [-0.2, 0) is 6.54 Å². The quantitative estimate of drug-likeness (QED) is 0.511. The lowest BCUT2D eigenvalue weighted by molar-refractivity contribution is 0.102. The molecule has 1 amide bonds. The number of fused-ring (bicyclic) bond motifs is 2. The van der Waals surface area contributed by atoms with Crippen LogP contribution in [0.15, 0.2) is 56.6 Å². The van der Waals surface area contributed by atoms with Gasteiger partial charge in [-0.05, 0) is 44.4 Å². The number of carbonyl (C=O) groups excluding carboxylic acids is 1. The van der Waals surface area contributed by atoms with Gasteiger partial charge in [0.1, 0.15) is 5.56 Å². The Labute approximate surface area is 175 Å². The zero-order valence-electron chi connectivity index (χ0n) is 16.4. The number of benzene rings is 2. The van der Waals surface area contributed by atoms with Crippen LogP contribution < -0.4 is 16.5 Å². The first-order valence-corrected chi connectivity index (χ1v) is 9.62. The summed E-state index contributed by atoms with van der Waals surface area (Å²) in [4.78, 5) is 42.5. The number of hydrogen-bond donors (Lipinski definition) is 2. The van der Waals surface area contributed by atoms with Crippen LogP contribution in [0.2, 0.25) is 5.02 Å². The number of aromatic amines is 1. The Morgan fingerprint density at radius 3 is 2.80 bits per heavy atom. The highest BCUT2D eigenvalue weighted by molar-refractivity contribution is 6.35. The van der Waals surface area contributed by atoms with Crippen LogP contribution >= 0.6 is 11.6 Å². The molecule has 4 rings (SSSR count). The highest BCUT2D eigenvalue weighted by Gasteiger charge is 2.16. The van der Waals surface area contributed by atoms with Crippen molar-refractivity contribution in [1.82, 2.24) is 14.5 Å². The Bertz CT molecular complexity index is 1380. The molecule has 0 saturated carbocycles. The number of amides is 1. The van der Waals surface area contributed by atoms with Gasteiger partial charge in [0.15, 0.2) is 5.58 Å². The fourth-order valence-corrected chi connectivity index (χ4v) is 3.46. The number of nitrogens with one attached hydrogen (secondary N) is 2. The van der Waals surface area contributed by atoms with E-state index in [-0.39, 0.29) is 5.56 Å². The van der Waals surface area contributed by atoms with E-state index in [1.54, 1.807) is 36.4 Å². The number of aromatic nitrogens is 2. The van der Waals surface area contributed by atoms with E-state index in [1.165, 1.54) is 10.8 Å². The maximum absolute atomic E-state index is 12.7. The maximum Gasteiger partial charge on any atom is 0.419 e. The van der Waals surface area contributed by atoms with Gasteiger partial charge in [0.05, 0.1) is 16.1 Å². The lowest BCUT2D eigenvalue weighted by Crippen LogP contribution is -2.24. The molecule has 2 aromatic carbocycles. The Hall–Kier alpha value is -3.36. The predicted molar refractivity (Wildman–Crippen MR) is 117 cm³/mol. The predicted octanol–water partition coefficient (Wildman–Crippen LogP) is 2.90. The van der Waals surface area contributed by atoms with Gasteiger partial charge in [-0.3, -0.25) is 14.2 Å². The van der Waals surface area contributed by atoms with Crippen LogP contribution in [0.3, 0.4) is 0 Å². The second-order valence-electron chi connectivity index (χ2n) is 7.15. The van der Waals surface area contributed by atoms with Crippen molar-refractivity contribution < 1.29 is 9.21 Å². The molecule has 0 radical (unpaired) electrons. The van der Waals surface area contributed by atoms with Crippen molar-refractivity contribution in [3.63, 3.8) is 0 Å². The number of oxazole rings is 1. The van der Waals surface area contributed by atoms with Crippen LogP contribution in [0, 0.1) is 0 Å². The average molecular weight is 427 g/mol. The molecule has 154 valence electrons. The third-order valence-electron chi connectivity index (χ3n) is 4.80. The minimum absolute atomic E-state index is 0.0398. The van der Waals surface area contributed by atoms with E-state index in [2.05, 4.69) is 10.3 Å². The Kier molecular flexibility index (Phi) is 5.19. The average Bonchev–Trinajstić information content (AvgIpc) is 3.01. The fourth-order valence-electron chi connectivity index (χ4n) is 3.23. The van der Waals surface area contributed by atoms with Crippen molar-refractivity contribution in [2.75, 3.05) is 26.0 Å². The first kappa shape index (κ1) is 19.9. The Morgan fingerprint density at radius 2 is 2.03 bits per heavy atom. The standard InChI is InChI=1S/C21H19ClN4O4/c1-25(2)8-9-26-16-10-12(6-7-17(16)30-21(26)29)24-20(28)14-11-23-18-13(19(14)27)4-3-5-15(18)22/h3-7,10-11H,8-9H2,1-2H3,(H,23,27)(H,24,28). The van der Waals surface area contributed by atoms with E-state index in [0.29, 0.717) is 45.8 Å². The Morgan fingerprint density at radius 1 is 1.23 bits per heavy atom. The molecule has 30 heavy (non-hydrogen) atoms. The molecule has 2 aromatic heterocycles. The van der Waals surface area contributed by atoms with E-state index >= 15 is 0 Å². The first-order chi connectivity index (χ1) is 14.3. The third-order valence-corrected chi connectivity index (χ3v) is 5.12. The topological polar surface area (TPSA) is 100 Å². The number of H-pyrrole nitrogens is 1. The summed E-state index contributed by atoms with van der Waals surface area (Å²) in [5.74, 6) is -1.03. The normalized spacial score (nSPS) is 11.5. The molecular weight excluding hydrogens is 408 g/mol. The summed E-state index contributed by atoms with van der Waals surface area (Å²) in [6.07, 6.45) is 1.34. The number of likely N-dealkylation sites (N-methyl/N-ethyl adjacent to an activating group) is 1. The van der Waals surface area contributed by atoms with Gasteiger partial charge < -0.3 is 19.6 Å². The van der Waals surface area contributed by atoms with Crippen molar-refractivity contribution in [1.29, 1.82) is 0 Å². The number of halogens is 1. The molecule has 0 unspecified atom stereocenters. The summed E-state index contributed by atoms with van der Waals surface area (Å²) in [5.41, 5.74) is 1.45. The van der Waals surface area contributed by atoms with Crippen LogP contribution in [0.25, 0.3) is 22.0 Å². The molecule has 0 bridgehead atoms. The van der Waals surface area contributed by atoms with Crippen molar-refractivity contribution in [3.05, 3.63) is 74.0 Å². The smallest absolute Gasteiger partial charge is 0.408 e. The summed E-state index contributed by atoms with van der Waals surface area (Å²) < 4.78 is 6.77. The van der Waals surface area contributed by atoms with E-state index in [0.717, 1.165) is 0 Å². The SMILES string of the molecule is CN(C)CCn1c(=O)oc2ccc(NC(=O)c3c[nH]c4c(Cl)cccc4c3=O)cc21. The summed E-state index contributed by atoms with van der Waals surface area (Å²) >= 11 is 6.10. The van der Waals surface area contributed by atoms with Crippen molar-refractivity contribution in [2.24, 2.45) is 0 Å². The molecule has 0 spiro atoms. The first-order valence-electron chi connectivity index (χ1n) is 9.24. The number of rotatable bonds is 5. The molecule has 0 aliphatic heterocycles. The summed E-state index contributed by atoms with van der Waals surface area (Å²) in [5, 5.41) is 3.44. The van der Waals surface area contributed by atoms with Crippen molar-refractivity contribution in [2.45, 2.75) is 6.54 Å². The van der Waals surface area contributed by atoms with Crippen LogP contribution in [0.5, 0.6) is 0 Å². The number of anilines is 1. The summed E-state index contributed by atoms with van der Waals surface area (Å²) in [7, 11) is 3.82. The molecule has 0 fully saturated rings. The zero-order chi connectivity index (χ0) is 21.4. The number of pyridine rings is 1. The van der Waals surface area contributed by atoms with E-state index < -0.39 is 17.1 Å². The largest absolute Gasteiger partial charge is 0.419 e. The molecule has 8 nitrogen and oxygen atoms in total. The second-order valence-corrected chi connectivity index (χ2v) is 7.56. The number of carbonyl (C=O) groups is 1. The molecule has 2 N–H and O–H groups in total. The van der Waals surface area contributed by atoms with Gasteiger partial charge in [0.2, 0.25) is 5.43 Å². The van der Waals surface area contributed by atoms with Gasteiger partial charge in [-0.25, -0.2) is 4.79 Å². The molecule has 2 heterocycles. The van der Waals surface area contributed by atoms with Gasteiger partial charge in [0.25, 0.3) is 5.91 Å². The summed E-state index contributed by atoms with van der Waals surface area (Å²) in [6, 6.07) is 9.81. The van der Waals surface area contributed by atoms with E-state index in [1.807, 2.05) is 19.0 Å². The van der Waals surface area contributed by atoms with Gasteiger partial charge in [-0.15, -0.1) is 0 Å². The molecule has 4 aromatic rings. The molecule has 0 aliphatic rings. The minimum atomic E-state index is -0.567. The molecule has 0 atom stereocenters. The number of para-hydroxylation sites is 1. The second kappa shape index (κ2) is 7.81. The third kappa shape index (κ3) is 3.62. The van der Waals surface area contributed by atoms with E-state index in [4.69, 9.17) is 16.0 Å². The van der Waals surface area contributed by atoms with Crippen LogP contribution in [0.1, 0.15) is 10.4 Å². The highest BCUT2D eigenvalue weighted by Crippen LogP contribution is 2.21. The summed E-state index contributed by atoms with van der Waals surface area (Å²) in [6.45, 7) is 1.10. The van der Waals surface area contributed by atoms with Crippen LogP contribution in [0.4, 0.5) is 5.69 Å². The monoisotopic (exact) mass is 426 g/mol. The molecular formula is C21H19ClN4O4. The maximum atomic E-state index is 12.7. The molecule has 0 saturated heterocycles. The molecule has 9 heteroatoms.